The largest absolute Gasteiger partial charge is 0.480 e. The van der Waals surface area contributed by atoms with Gasteiger partial charge in [0.1, 0.15) is 18.1 Å². The molecule has 5 atom stereocenters. The molecule has 0 aromatic rings. The predicted octanol–water partition coefficient (Wildman–Crippen LogP) is -1.45. The Morgan fingerprint density at radius 3 is 2.07 bits per heavy atom. The topological polar surface area (TPSA) is 194 Å². The van der Waals surface area contributed by atoms with E-state index < -0.39 is 60.2 Å². The first-order chi connectivity index (χ1) is 13.9. The fraction of sp³-hybridized carbons (Fsp3) is 0.722. The summed E-state index contributed by atoms with van der Waals surface area (Å²) in [5, 5.41) is 16.3. The molecule has 0 radical (unpaired) electrons. The lowest BCUT2D eigenvalue weighted by Crippen LogP contribution is -2.58. The molecule has 0 aliphatic heterocycles. The molecule has 8 N–H and O–H groups in total. The molecule has 0 aliphatic carbocycles. The Hall–Kier alpha value is -2.34. The van der Waals surface area contributed by atoms with Crippen LogP contribution in [0.1, 0.15) is 40.0 Å². The van der Waals surface area contributed by atoms with Crippen molar-refractivity contribution in [3.8, 4) is 0 Å². The van der Waals surface area contributed by atoms with E-state index >= 15 is 0 Å². The summed E-state index contributed by atoms with van der Waals surface area (Å²) in [4.78, 5) is 59.3. The van der Waals surface area contributed by atoms with Crippen molar-refractivity contribution in [1.82, 2.24) is 16.0 Å². The molecule has 0 aromatic carbocycles. The number of amides is 4. The number of nitrogens with two attached hydrogens (primary N) is 2. The molecule has 4 amide bonds. The van der Waals surface area contributed by atoms with Crippen LogP contribution in [-0.2, 0) is 24.0 Å². The van der Waals surface area contributed by atoms with E-state index in [-0.39, 0.29) is 5.92 Å². The highest BCUT2D eigenvalue weighted by Crippen LogP contribution is 2.09. The van der Waals surface area contributed by atoms with Gasteiger partial charge in [-0.25, -0.2) is 4.79 Å². The van der Waals surface area contributed by atoms with Crippen LogP contribution in [0.2, 0.25) is 0 Å². The maximum atomic E-state index is 12.7. The van der Waals surface area contributed by atoms with E-state index in [1.165, 1.54) is 6.92 Å². The Kier molecular flexibility index (Phi) is 12.7. The number of rotatable bonds is 14. The van der Waals surface area contributed by atoms with Gasteiger partial charge in [0, 0.05) is 0 Å². The molecule has 0 saturated carbocycles. The normalized spacial score (nSPS) is 15.8. The van der Waals surface area contributed by atoms with Crippen LogP contribution < -0.4 is 27.4 Å². The molecular weight excluding hydrogens is 414 g/mol. The second-order valence-corrected chi connectivity index (χ2v) is 8.05. The van der Waals surface area contributed by atoms with Gasteiger partial charge >= 0.3 is 5.97 Å². The van der Waals surface area contributed by atoms with Gasteiger partial charge in [-0.2, -0.15) is 11.8 Å². The van der Waals surface area contributed by atoms with Crippen molar-refractivity contribution in [2.24, 2.45) is 17.4 Å². The van der Waals surface area contributed by atoms with Crippen LogP contribution in [0.25, 0.3) is 0 Å². The molecule has 5 unspecified atom stereocenters. The van der Waals surface area contributed by atoms with E-state index in [2.05, 4.69) is 16.0 Å². The highest BCUT2D eigenvalue weighted by molar-refractivity contribution is 7.98. The minimum absolute atomic E-state index is 0.237. The van der Waals surface area contributed by atoms with E-state index in [1.54, 1.807) is 18.7 Å². The smallest absolute Gasteiger partial charge is 0.326 e. The van der Waals surface area contributed by atoms with E-state index in [0.717, 1.165) is 0 Å². The van der Waals surface area contributed by atoms with Crippen molar-refractivity contribution < 1.29 is 29.1 Å². The van der Waals surface area contributed by atoms with Gasteiger partial charge in [-0.15, -0.1) is 0 Å². The van der Waals surface area contributed by atoms with Crippen molar-refractivity contribution in [2.75, 3.05) is 12.0 Å². The van der Waals surface area contributed by atoms with Gasteiger partial charge in [0.2, 0.25) is 23.6 Å². The van der Waals surface area contributed by atoms with Gasteiger partial charge in [0.25, 0.3) is 0 Å². The summed E-state index contributed by atoms with van der Waals surface area (Å²) in [6, 6.07) is -4.30. The Bertz CT molecular complexity index is 632. The maximum absolute atomic E-state index is 12.7. The summed E-state index contributed by atoms with van der Waals surface area (Å²) in [5.41, 5.74) is 10.8. The van der Waals surface area contributed by atoms with E-state index in [9.17, 15) is 24.0 Å². The quantitative estimate of drug-likeness (QED) is 0.186. The zero-order chi connectivity index (χ0) is 23.4. The number of hydrogen-bond donors (Lipinski definition) is 6. The van der Waals surface area contributed by atoms with Crippen molar-refractivity contribution in [1.29, 1.82) is 0 Å². The minimum atomic E-state index is -1.51. The van der Waals surface area contributed by atoms with E-state index in [0.29, 0.717) is 18.6 Å². The third-order valence-electron chi connectivity index (χ3n) is 4.53. The molecule has 12 heteroatoms. The summed E-state index contributed by atoms with van der Waals surface area (Å²) in [6.45, 7) is 4.98. The van der Waals surface area contributed by atoms with Crippen molar-refractivity contribution in [3.63, 3.8) is 0 Å². The molecule has 30 heavy (non-hydrogen) atoms. The molecule has 0 bridgehead atoms. The summed E-state index contributed by atoms with van der Waals surface area (Å²) in [5.74, 6) is -3.72. The average molecular weight is 448 g/mol. The highest BCUT2D eigenvalue weighted by Gasteiger charge is 2.31. The predicted molar refractivity (Wildman–Crippen MR) is 113 cm³/mol. The van der Waals surface area contributed by atoms with E-state index in [1.807, 2.05) is 13.2 Å². The van der Waals surface area contributed by atoms with Crippen molar-refractivity contribution >= 4 is 41.4 Å². The van der Waals surface area contributed by atoms with Crippen LogP contribution >= 0.6 is 11.8 Å². The van der Waals surface area contributed by atoms with Gasteiger partial charge in [-0.3, -0.25) is 19.2 Å². The lowest BCUT2D eigenvalue weighted by molar-refractivity contribution is -0.143. The fourth-order valence-electron chi connectivity index (χ4n) is 2.40. The highest BCUT2D eigenvalue weighted by atomic mass is 32.2. The second kappa shape index (κ2) is 13.8. The zero-order valence-corrected chi connectivity index (χ0v) is 18.6. The Morgan fingerprint density at radius 1 is 1.00 bits per heavy atom. The third-order valence-corrected chi connectivity index (χ3v) is 5.18. The Morgan fingerprint density at radius 2 is 1.60 bits per heavy atom. The van der Waals surface area contributed by atoms with Crippen molar-refractivity contribution in [3.05, 3.63) is 0 Å². The second-order valence-electron chi connectivity index (χ2n) is 7.06. The van der Waals surface area contributed by atoms with Crippen LogP contribution in [0.5, 0.6) is 0 Å². The van der Waals surface area contributed by atoms with Gasteiger partial charge in [-0.05, 0) is 31.3 Å². The first-order valence-corrected chi connectivity index (χ1v) is 11.0. The van der Waals surface area contributed by atoms with Crippen molar-refractivity contribution in [2.45, 2.75) is 64.2 Å². The summed E-state index contributed by atoms with van der Waals surface area (Å²) < 4.78 is 0. The first kappa shape index (κ1) is 27.7. The molecule has 0 aliphatic rings. The summed E-state index contributed by atoms with van der Waals surface area (Å²) in [6.07, 6.45) is 2.35. The molecule has 0 rings (SSSR count). The number of aliphatic carboxylic acids is 1. The van der Waals surface area contributed by atoms with Crippen LogP contribution in [0.3, 0.4) is 0 Å². The number of primary amides is 1. The van der Waals surface area contributed by atoms with Gasteiger partial charge < -0.3 is 32.5 Å². The SMILES string of the molecule is CCC(C)C(NC(=O)C(N)CCSC)C(=O)NC(C)C(=O)NC(CC(N)=O)C(=O)O. The lowest BCUT2D eigenvalue weighted by atomic mass is 9.97. The first-order valence-electron chi connectivity index (χ1n) is 9.61. The number of hydrogen-bond acceptors (Lipinski definition) is 7. The number of carbonyl (C=O) groups is 5. The van der Waals surface area contributed by atoms with Crippen LogP contribution in [0, 0.1) is 5.92 Å². The fourth-order valence-corrected chi connectivity index (χ4v) is 2.89. The zero-order valence-electron chi connectivity index (χ0n) is 17.8. The minimum Gasteiger partial charge on any atom is -0.480 e. The molecular formula is C18H33N5O6S. The molecule has 11 nitrogen and oxygen atoms in total. The van der Waals surface area contributed by atoms with Gasteiger partial charge in [0.15, 0.2) is 0 Å². The number of thioether (sulfide) groups is 1. The van der Waals surface area contributed by atoms with Crippen LogP contribution in [0.4, 0.5) is 0 Å². The standard InChI is InChI=1S/C18H33N5O6S/c1-5-9(2)14(23-16(26)11(19)6-7-30-4)17(27)21-10(3)15(25)22-12(18(28)29)8-13(20)24/h9-12,14H,5-8,19H2,1-4H3,(H2,20,24)(H,21,27)(H,22,25)(H,23,26)(H,28,29). The van der Waals surface area contributed by atoms with Crippen LogP contribution in [0.15, 0.2) is 0 Å². The monoisotopic (exact) mass is 447 g/mol. The Labute approximate surface area is 180 Å². The van der Waals surface area contributed by atoms with Gasteiger partial charge in [-0.1, -0.05) is 20.3 Å². The summed E-state index contributed by atoms with van der Waals surface area (Å²) in [7, 11) is 0. The van der Waals surface area contributed by atoms with Gasteiger partial charge in [0.05, 0.1) is 12.5 Å². The Balaban J connectivity index is 5.08. The number of carboxylic acids is 1. The molecule has 172 valence electrons. The number of nitrogens with one attached hydrogen (secondary N) is 3. The maximum Gasteiger partial charge on any atom is 0.326 e. The number of carboxylic acid groups (broad SMARTS) is 1. The summed E-state index contributed by atoms with van der Waals surface area (Å²) >= 11 is 1.55. The third kappa shape index (κ3) is 9.92. The molecule has 0 saturated heterocycles. The molecule has 0 heterocycles. The molecule has 0 aromatic heterocycles. The molecule has 0 spiro atoms. The molecule has 0 fully saturated rings. The van der Waals surface area contributed by atoms with Crippen LogP contribution in [-0.4, -0.2) is 70.9 Å². The number of carbonyl (C=O) groups excluding carboxylic acids is 4. The lowest BCUT2D eigenvalue weighted by Gasteiger charge is -2.26. The van der Waals surface area contributed by atoms with E-state index in [4.69, 9.17) is 16.6 Å². The average Bonchev–Trinajstić information content (AvgIpc) is 2.67.